The molecule has 2 N–H and O–H groups in total. The Morgan fingerprint density at radius 2 is 1.00 bits per heavy atom. The first kappa shape index (κ1) is 10.1. The SMILES string of the molecule is O=C1NC(=O)C2C3OC(C12)C1C2C(=O)NC(=O)C2C31. The minimum absolute atomic E-state index is 0.0839. The molecule has 7 nitrogen and oxygen atoms in total. The van der Waals surface area contributed by atoms with Gasteiger partial charge in [-0.3, -0.25) is 29.8 Å². The Kier molecular flexibility index (Phi) is 1.44. The summed E-state index contributed by atoms with van der Waals surface area (Å²) in [4.78, 5) is 47.1. The van der Waals surface area contributed by atoms with Gasteiger partial charge in [-0.05, 0) is 0 Å². The van der Waals surface area contributed by atoms with Crippen LogP contribution in [0, 0.1) is 35.5 Å². The minimum Gasteiger partial charge on any atom is -0.373 e. The lowest BCUT2D eigenvalue weighted by Crippen LogP contribution is -2.58. The monoisotopic (exact) mass is 262 g/mol. The molecule has 19 heavy (non-hydrogen) atoms. The molecular formula is C12H10N2O5. The van der Waals surface area contributed by atoms with Gasteiger partial charge in [-0.1, -0.05) is 0 Å². The molecule has 0 aromatic heterocycles. The van der Waals surface area contributed by atoms with Gasteiger partial charge in [0.2, 0.25) is 23.6 Å². The van der Waals surface area contributed by atoms with E-state index in [9.17, 15) is 19.2 Å². The van der Waals surface area contributed by atoms with Gasteiger partial charge < -0.3 is 4.74 Å². The lowest BCUT2D eigenvalue weighted by atomic mass is 9.49. The van der Waals surface area contributed by atoms with Gasteiger partial charge in [0.05, 0.1) is 35.9 Å². The third-order valence-electron chi connectivity index (χ3n) is 5.53. The standard InChI is InChI=1S/C12H10N2O5/c15-9-3-1-2(4(3)10(16)13-9)8-6-5(7(1)19-8)11(17)14-12(6)18/h1-8H,(H,13,15,16)(H,14,17,18). The number of carbonyl (C=O) groups is 4. The Morgan fingerprint density at radius 1 is 0.632 bits per heavy atom. The van der Waals surface area contributed by atoms with Crippen LogP contribution in [-0.4, -0.2) is 35.8 Å². The molecule has 7 heteroatoms. The number of nitrogens with one attached hydrogen (secondary N) is 2. The van der Waals surface area contributed by atoms with Gasteiger partial charge in [0.1, 0.15) is 0 Å². The molecule has 4 amide bonds. The van der Waals surface area contributed by atoms with Crippen molar-refractivity contribution in [1.82, 2.24) is 10.6 Å². The van der Waals surface area contributed by atoms with Crippen LogP contribution in [0.5, 0.6) is 0 Å². The van der Waals surface area contributed by atoms with Crippen molar-refractivity contribution in [2.75, 3.05) is 0 Å². The molecule has 1 saturated carbocycles. The Labute approximate surface area is 107 Å². The van der Waals surface area contributed by atoms with Crippen molar-refractivity contribution in [3.63, 3.8) is 0 Å². The predicted octanol–water partition coefficient (Wildman–Crippen LogP) is -2.21. The molecule has 0 aromatic rings. The Morgan fingerprint density at radius 3 is 1.42 bits per heavy atom. The third-order valence-corrected chi connectivity index (χ3v) is 5.53. The molecule has 4 saturated heterocycles. The fourth-order valence-electron chi connectivity index (χ4n) is 4.96. The highest BCUT2D eigenvalue weighted by Crippen LogP contribution is 2.65. The first-order valence-electron chi connectivity index (χ1n) is 6.44. The molecule has 2 bridgehead atoms. The van der Waals surface area contributed by atoms with Crippen LogP contribution in [0.1, 0.15) is 0 Å². The summed E-state index contributed by atoms with van der Waals surface area (Å²) in [5.41, 5.74) is 0. The van der Waals surface area contributed by atoms with Crippen LogP contribution in [0.4, 0.5) is 0 Å². The molecule has 8 unspecified atom stereocenters. The van der Waals surface area contributed by atoms with Crippen LogP contribution in [0.25, 0.3) is 0 Å². The van der Waals surface area contributed by atoms with E-state index < -0.39 is 11.8 Å². The molecule has 5 aliphatic rings. The van der Waals surface area contributed by atoms with Crippen molar-refractivity contribution in [1.29, 1.82) is 0 Å². The molecule has 1 aliphatic carbocycles. The van der Waals surface area contributed by atoms with E-state index in [1.807, 2.05) is 0 Å². The van der Waals surface area contributed by atoms with E-state index in [-0.39, 0.29) is 59.5 Å². The summed E-state index contributed by atoms with van der Waals surface area (Å²) in [6.07, 6.45) is -0.770. The highest BCUT2D eigenvalue weighted by atomic mass is 16.5. The van der Waals surface area contributed by atoms with Gasteiger partial charge in [0, 0.05) is 11.8 Å². The van der Waals surface area contributed by atoms with Crippen molar-refractivity contribution in [2.45, 2.75) is 12.2 Å². The molecule has 8 atom stereocenters. The summed E-state index contributed by atoms with van der Waals surface area (Å²) in [6, 6.07) is 0. The van der Waals surface area contributed by atoms with Crippen LogP contribution in [0.3, 0.4) is 0 Å². The molecule has 98 valence electrons. The fourth-order valence-corrected chi connectivity index (χ4v) is 4.96. The topological polar surface area (TPSA) is 102 Å². The lowest BCUT2D eigenvalue weighted by molar-refractivity contribution is -0.143. The maximum Gasteiger partial charge on any atom is 0.233 e. The highest BCUT2D eigenvalue weighted by Gasteiger charge is 2.78. The molecule has 4 aliphatic heterocycles. The van der Waals surface area contributed by atoms with Gasteiger partial charge in [-0.2, -0.15) is 0 Å². The van der Waals surface area contributed by atoms with Gasteiger partial charge in [-0.25, -0.2) is 0 Å². The molecule has 0 aromatic carbocycles. The van der Waals surface area contributed by atoms with Crippen LogP contribution in [-0.2, 0) is 23.9 Å². The molecular weight excluding hydrogens is 252 g/mol. The van der Waals surface area contributed by atoms with Crippen molar-refractivity contribution >= 4 is 23.6 Å². The van der Waals surface area contributed by atoms with Crippen LogP contribution >= 0.6 is 0 Å². The number of ether oxygens (including phenoxy) is 1. The Hall–Kier alpha value is -1.76. The zero-order valence-electron chi connectivity index (χ0n) is 9.66. The first-order chi connectivity index (χ1) is 9.09. The van der Waals surface area contributed by atoms with Gasteiger partial charge in [-0.15, -0.1) is 0 Å². The fraction of sp³-hybridized carbons (Fsp3) is 0.667. The maximum atomic E-state index is 11.8. The summed E-state index contributed by atoms with van der Waals surface area (Å²) in [7, 11) is 0. The third kappa shape index (κ3) is 0.850. The van der Waals surface area contributed by atoms with E-state index in [4.69, 9.17) is 4.74 Å². The van der Waals surface area contributed by atoms with E-state index in [0.29, 0.717) is 0 Å². The largest absolute Gasteiger partial charge is 0.373 e. The van der Waals surface area contributed by atoms with Crippen molar-refractivity contribution in [3.8, 4) is 0 Å². The normalized spacial score (nSPS) is 56.4. The lowest BCUT2D eigenvalue weighted by Gasteiger charge is -2.47. The van der Waals surface area contributed by atoms with Crippen molar-refractivity contribution < 1.29 is 23.9 Å². The number of hydrogen-bond acceptors (Lipinski definition) is 5. The number of carbonyl (C=O) groups excluding carboxylic acids is 4. The Bertz CT molecular complexity index is 535. The van der Waals surface area contributed by atoms with Gasteiger partial charge in [0.25, 0.3) is 0 Å². The predicted molar refractivity (Wildman–Crippen MR) is 55.9 cm³/mol. The number of fused-ring (bicyclic) bond motifs is 11. The molecule has 5 fully saturated rings. The average Bonchev–Trinajstić information content (AvgIpc) is 2.92. The van der Waals surface area contributed by atoms with Crippen molar-refractivity contribution in [2.24, 2.45) is 35.5 Å². The smallest absolute Gasteiger partial charge is 0.233 e. The summed E-state index contributed by atoms with van der Waals surface area (Å²) in [5, 5.41) is 4.68. The average molecular weight is 262 g/mol. The van der Waals surface area contributed by atoms with Crippen molar-refractivity contribution in [3.05, 3.63) is 0 Å². The van der Waals surface area contributed by atoms with Gasteiger partial charge in [0.15, 0.2) is 0 Å². The summed E-state index contributed by atoms with van der Waals surface area (Å²) in [6.45, 7) is 0. The van der Waals surface area contributed by atoms with Gasteiger partial charge >= 0.3 is 0 Å². The summed E-state index contributed by atoms with van der Waals surface area (Å²) < 4.78 is 5.79. The number of rotatable bonds is 0. The van der Waals surface area contributed by atoms with Crippen LogP contribution < -0.4 is 10.6 Å². The quantitative estimate of drug-likeness (QED) is 0.381. The second-order valence-electron chi connectivity index (χ2n) is 6.03. The number of amides is 4. The van der Waals surface area contributed by atoms with Crippen LogP contribution in [0.2, 0.25) is 0 Å². The first-order valence-corrected chi connectivity index (χ1v) is 6.44. The molecule has 5 rings (SSSR count). The molecule has 4 heterocycles. The Balaban J connectivity index is 1.59. The highest BCUT2D eigenvalue weighted by molar-refractivity contribution is 6.09. The summed E-state index contributed by atoms with van der Waals surface area (Å²) in [5.74, 6) is -2.94. The summed E-state index contributed by atoms with van der Waals surface area (Å²) >= 11 is 0. The van der Waals surface area contributed by atoms with E-state index in [1.54, 1.807) is 0 Å². The van der Waals surface area contributed by atoms with E-state index in [2.05, 4.69) is 10.6 Å². The second kappa shape index (κ2) is 2.72. The maximum absolute atomic E-state index is 11.8. The van der Waals surface area contributed by atoms with E-state index >= 15 is 0 Å². The van der Waals surface area contributed by atoms with E-state index in [0.717, 1.165) is 0 Å². The zero-order chi connectivity index (χ0) is 13.0. The van der Waals surface area contributed by atoms with E-state index in [1.165, 1.54) is 0 Å². The number of hydrogen-bond donors (Lipinski definition) is 2. The second-order valence-corrected chi connectivity index (χ2v) is 6.03. The number of imide groups is 2. The minimum atomic E-state index is -0.469. The van der Waals surface area contributed by atoms with Crippen LogP contribution in [0.15, 0.2) is 0 Å². The molecule has 0 radical (unpaired) electrons. The zero-order valence-corrected chi connectivity index (χ0v) is 9.66. The molecule has 0 spiro atoms.